The zero-order valence-corrected chi connectivity index (χ0v) is 15.1. The number of nitrogens with zero attached hydrogens (tertiary/aromatic N) is 6. The van der Waals surface area contributed by atoms with Gasteiger partial charge in [-0.2, -0.15) is 9.61 Å². The monoisotopic (exact) mass is 342 g/mol. The number of carbonyl (C=O) groups excluding carboxylic acids is 1. The van der Waals surface area contributed by atoms with E-state index in [1.165, 1.54) is 0 Å². The van der Waals surface area contributed by atoms with Gasteiger partial charge in [-0.25, -0.2) is 0 Å². The van der Waals surface area contributed by atoms with Crippen LogP contribution in [0.5, 0.6) is 0 Å². The first kappa shape index (κ1) is 16.4. The highest BCUT2D eigenvalue weighted by molar-refractivity contribution is 5.76. The smallest absolute Gasteiger partial charge is 0.222 e. The number of rotatable bonds is 3. The van der Waals surface area contributed by atoms with Crippen molar-refractivity contribution in [2.24, 2.45) is 0 Å². The molecule has 25 heavy (non-hydrogen) atoms. The molecule has 2 fully saturated rings. The molecule has 4 heterocycles. The molecule has 0 N–H and O–H groups in total. The summed E-state index contributed by atoms with van der Waals surface area (Å²) in [6.45, 7) is 5.08. The highest BCUT2D eigenvalue weighted by atomic mass is 16.2. The molecule has 4 rings (SSSR count). The molecule has 0 spiro atoms. The number of fused-ring (bicyclic) bond motifs is 1. The Balaban J connectivity index is 1.39. The Morgan fingerprint density at radius 1 is 1.16 bits per heavy atom. The second kappa shape index (κ2) is 6.71. The Morgan fingerprint density at radius 3 is 2.76 bits per heavy atom. The van der Waals surface area contributed by atoms with Gasteiger partial charge in [0.25, 0.3) is 0 Å². The summed E-state index contributed by atoms with van der Waals surface area (Å²) in [7, 11) is 1.95. The van der Waals surface area contributed by atoms with Crippen molar-refractivity contribution in [1.29, 1.82) is 0 Å². The zero-order valence-electron chi connectivity index (χ0n) is 15.1. The number of carbonyl (C=O) groups is 1. The molecular formula is C18H26N6O. The van der Waals surface area contributed by atoms with Crippen LogP contribution in [0.3, 0.4) is 0 Å². The van der Waals surface area contributed by atoms with Crippen molar-refractivity contribution in [3.63, 3.8) is 0 Å². The minimum Gasteiger partial charge on any atom is -0.341 e. The van der Waals surface area contributed by atoms with Crippen LogP contribution < -0.4 is 0 Å². The summed E-state index contributed by atoms with van der Waals surface area (Å²) in [5.41, 5.74) is 1.81. The van der Waals surface area contributed by atoms with E-state index in [2.05, 4.69) is 20.2 Å². The molecule has 1 atom stereocenters. The van der Waals surface area contributed by atoms with Crippen LogP contribution in [0.25, 0.3) is 5.65 Å². The lowest BCUT2D eigenvalue weighted by atomic mass is 9.94. The first-order valence-electron chi connectivity index (χ1n) is 9.29. The maximum atomic E-state index is 11.9. The number of piperidine rings is 2. The molecule has 134 valence electrons. The van der Waals surface area contributed by atoms with Gasteiger partial charge in [-0.05, 0) is 57.8 Å². The van der Waals surface area contributed by atoms with E-state index in [-0.39, 0.29) is 0 Å². The van der Waals surface area contributed by atoms with E-state index in [0.717, 1.165) is 62.5 Å². The summed E-state index contributed by atoms with van der Waals surface area (Å²) >= 11 is 0. The first-order valence-corrected chi connectivity index (χ1v) is 9.29. The predicted molar refractivity (Wildman–Crippen MR) is 94.3 cm³/mol. The summed E-state index contributed by atoms with van der Waals surface area (Å²) in [5, 5.41) is 13.2. The van der Waals surface area contributed by atoms with E-state index in [1.54, 1.807) is 0 Å². The molecule has 0 aliphatic carbocycles. The van der Waals surface area contributed by atoms with Gasteiger partial charge in [-0.15, -0.1) is 10.2 Å². The molecule has 0 saturated carbocycles. The summed E-state index contributed by atoms with van der Waals surface area (Å²) in [4.78, 5) is 16.3. The van der Waals surface area contributed by atoms with E-state index < -0.39 is 0 Å². The number of hydrogen-bond donors (Lipinski definition) is 0. The number of likely N-dealkylation sites (tertiary alicyclic amines) is 2. The molecule has 0 radical (unpaired) electrons. The van der Waals surface area contributed by atoms with Gasteiger partial charge >= 0.3 is 0 Å². The van der Waals surface area contributed by atoms with Crippen LogP contribution in [0.4, 0.5) is 0 Å². The van der Waals surface area contributed by atoms with Gasteiger partial charge in [0.1, 0.15) is 0 Å². The molecule has 1 amide bonds. The number of hydrogen-bond acceptors (Lipinski definition) is 5. The van der Waals surface area contributed by atoms with Gasteiger partial charge in [0.15, 0.2) is 11.5 Å². The van der Waals surface area contributed by atoms with Crippen molar-refractivity contribution < 1.29 is 4.79 Å². The van der Waals surface area contributed by atoms with E-state index >= 15 is 0 Å². The molecule has 2 saturated heterocycles. The molecule has 0 aromatic carbocycles. The summed E-state index contributed by atoms with van der Waals surface area (Å²) in [5.74, 6) is 1.69. The highest BCUT2D eigenvalue weighted by Gasteiger charge is 2.30. The van der Waals surface area contributed by atoms with Crippen LogP contribution in [0.15, 0.2) is 12.1 Å². The van der Waals surface area contributed by atoms with Crippen molar-refractivity contribution >= 4 is 11.6 Å². The molecule has 7 nitrogen and oxygen atoms in total. The average Bonchev–Trinajstić information content (AvgIpc) is 3.03. The number of amides is 1. The van der Waals surface area contributed by atoms with Crippen LogP contribution in [-0.4, -0.2) is 68.2 Å². The fraction of sp³-hybridized carbons (Fsp3) is 0.667. The van der Waals surface area contributed by atoms with Gasteiger partial charge in [0, 0.05) is 32.0 Å². The first-order chi connectivity index (χ1) is 12.1. The van der Waals surface area contributed by atoms with Gasteiger partial charge in [-0.1, -0.05) is 0 Å². The second-order valence-corrected chi connectivity index (χ2v) is 7.43. The fourth-order valence-corrected chi connectivity index (χ4v) is 4.10. The number of likely N-dealkylation sites (N-methyl/N-ethyl adjacent to an activating group) is 1. The van der Waals surface area contributed by atoms with Crippen molar-refractivity contribution in [1.82, 2.24) is 29.6 Å². The molecular weight excluding hydrogens is 316 g/mol. The third kappa shape index (κ3) is 3.25. The Kier molecular flexibility index (Phi) is 4.41. The third-order valence-electron chi connectivity index (χ3n) is 5.71. The molecule has 1 unspecified atom stereocenters. The zero-order chi connectivity index (χ0) is 17.4. The van der Waals surface area contributed by atoms with Crippen molar-refractivity contribution in [3.05, 3.63) is 23.7 Å². The molecule has 2 aliphatic heterocycles. The van der Waals surface area contributed by atoms with Gasteiger partial charge in [0.2, 0.25) is 5.91 Å². The highest BCUT2D eigenvalue weighted by Crippen LogP contribution is 2.28. The van der Waals surface area contributed by atoms with Crippen LogP contribution in [0.1, 0.15) is 49.5 Å². The molecule has 2 aromatic heterocycles. The maximum Gasteiger partial charge on any atom is 0.222 e. The van der Waals surface area contributed by atoms with Crippen molar-refractivity contribution in [3.8, 4) is 0 Å². The minimum absolute atomic E-state index is 0.294. The standard InChI is InChI=1S/C18H26N6O/c1-13-6-7-16-19-20-18(24(16)21-13)14-8-10-23(11-9-14)12-15-4-3-5-17(25)22(15)2/h6-7,14-15H,3-5,8-12H2,1-2H3. The summed E-state index contributed by atoms with van der Waals surface area (Å²) in [6, 6.07) is 4.32. The van der Waals surface area contributed by atoms with Crippen molar-refractivity contribution in [2.75, 3.05) is 26.7 Å². The summed E-state index contributed by atoms with van der Waals surface area (Å²) < 4.78 is 1.91. The molecule has 2 aromatic rings. The lowest BCUT2D eigenvalue weighted by Gasteiger charge is -2.38. The topological polar surface area (TPSA) is 66.6 Å². The maximum absolute atomic E-state index is 11.9. The SMILES string of the molecule is Cc1ccc2nnc(C3CCN(CC4CCCC(=O)N4C)CC3)n2n1. The molecule has 2 aliphatic rings. The van der Waals surface area contributed by atoms with Crippen LogP contribution in [0, 0.1) is 6.92 Å². The van der Waals surface area contributed by atoms with Crippen molar-refractivity contribution in [2.45, 2.75) is 51.0 Å². The molecule has 0 bridgehead atoms. The predicted octanol–water partition coefficient (Wildman–Crippen LogP) is 1.62. The van der Waals surface area contributed by atoms with Crippen LogP contribution in [-0.2, 0) is 4.79 Å². The van der Waals surface area contributed by atoms with Gasteiger partial charge in [0.05, 0.1) is 5.69 Å². The number of aryl methyl sites for hydroxylation is 1. The quantitative estimate of drug-likeness (QED) is 0.848. The Morgan fingerprint density at radius 2 is 1.96 bits per heavy atom. The van der Waals surface area contributed by atoms with E-state index in [1.807, 2.05) is 35.5 Å². The summed E-state index contributed by atoms with van der Waals surface area (Å²) in [6.07, 6.45) is 5.00. The Bertz CT molecular complexity index is 764. The van der Waals surface area contributed by atoms with E-state index in [4.69, 9.17) is 0 Å². The Labute approximate surface area is 148 Å². The lowest BCUT2D eigenvalue weighted by molar-refractivity contribution is -0.135. The Hall–Kier alpha value is -2.02. The van der Waals surface area contributed by atoms with Crippen LogP contribution in [0.2, 0.25) is 0 Å². The van der Waals surface area contributed by atoms with Gasteiger partial charge < -0.3 is 9.80 Å². The average molecular weight is 342 g/mol. The largest absolute Gasteiger partial charge is 0.341 e. The third-order valence-corrected chi connectivity index (χ3v) is 5.71. The molecule has 7 heteroatoms. The normalized spacial score (nSPS) is 23.5. The van der Waals surface area contributed by atoms with Crippen LogP contribution >= 0.6 is 0 Å². The van der Waals surface area contributed by atoms with Gasteiger partial charge in [-0.3, -0.25) is 4.79 Å². The second-order valence-electron chi connectivity index (χ2n) is 7.43. The lowest BCUT2D eigenvalue weighted by Crippen LogP contribution is -2.48. The minimum atomic E-state index is 0.294. The van der Waals surface area contributed by atoms with E-state index in [0.29, 0.717) is 24.3 Å². The fourth-order valence-electron chi connectivity index (χ4n) is 4.10. The van der Waals surface area contributed by atoms with E-state index in [9.17, 15) is 4.79 Å². The number of aromatic nitrogens is 4.